The number of thiocarbonyl (C=S) groups is 1. The zero-order valence-corrected chi connectivity index (χ0v) is 16.0. The van der Waals surface area contributed by atoms with Gasteiger partial charge in [0.15, 0.2) is 5.11 Å². The lowest BCUT2D eigenvalue weighted by Crippen LogP contribution is -2.50. The van der Waals surface area contributed by atoms with Crippen LogP contribution in [0.4, 0.5) is 5.69 Å². The van der Waals surface area contributed by atoms with Gasteiger partial charge in [-0.05, 0) is 31.3 Å². The number of aliphatic hydroxyl groups excluding tert-OH is 1. The van der Waals surface area contributed by atoms with Gasteiger partial charge in [-0.3, -0.25) is 14.4 Å². The summed E-state index contributed by atoms with van der Waals surface area (Å²) >= 11 is 5.54. The summed E-state index contributed by atoms with van der Waals surface area (Å²) < 4.78 is 3.47. The van der Waals surface area contributed by atoms with Gasteiger partial charge in [-0.15, -0.1) is 0 Å². The van der Waals surface area contributed by atoms with E-state index in [0.29, 0.717) is 17.3 Å². The molecule has 7 nitrogen and oxygen atoms in total. The third-order valence-corrected chi connectivity index (χ3v) is 5.22. The molecular formula is C18H25N5O2S. The number of rotatable bonds is 4. The predicted octanol–water partition coefficient (Wildman–Crippen LogP) is 0.791. The van der Waals surface area contributed by atoms with Crippen molar-refractivity contribution in [3.05, 3.63) is 46.4 Å². The molecule has 1 saturated heterocycles. The third kappa shape index (κ3) is 3.67. The molecule has 0 bridgehead atoms. The minimum atomic E-state index is -0.113. The Morgan fingerprint density at radius 2 is 1.85 bits per heavy atom. The van der Waals surface area contributed by atoms with Crippen LogP contribution in [0.2, 0.25) is 0 Å². The van der Waals surface area contributed by atoms with E-state index in [1.54, 1.807) is 4.68 Å². The van der Waals surface area contributed by atoms with E-state index in [2.05, 4.69) is 15.1 Å². The van der Waals surface area contributed by atoms with Crippen molar-refractivity contribution >= 4 is 23.0 Å². The average Bonchev–Trinajstić information content (AvgIpc) is 2.86. The Morgan fingerprint density at radius 1 is 1.19 bits per heavy atom. The van der Waals surface area contributed by atoms with Gasteiger partial charge in [0.2, 0.25) is 0 Å². The molecule has 2 heterocycles. The lowest BCUT2D eigenvalue weighted by Gasteiger charge is -2.35. The minimum Gasteiger partial charge on any atom is -0.395 e. The molecule has 0 atom stereocenters. The molecule has 0 aliphatic carbocycles. The number of nitrogens with zero attached hydrogens (tertiary/aromatic N) is 4. The van der Waals surface area contributed by atoms with E-state index < -0.39 is 0 Å². The number of hydrogen-bond donors (Lipinski definition) is 2. The van der Waals surface area contributed by atoms with Gasteiger partial charge in [0.05, 0.1) is 18.0 Å². The summed E-state index contributed by atoms with van der Waals surface area (Å²) in [7, 11) is 1.87. The summed E-state index contributed by atoms with van der Waals surface area (Å²) in [6, 6.07) is 9.56. The van der Waals surface area contributed by atoms with Gasteiger partial charge < -0.3 is 15.3 Å². The number of aromatic nitrogens is 2. The highest BCUT2D eigenvalue weighted by Crippen LogP contribution is 2.15. The predicted molar refractivity (Wildman–Crippen MR) is 107 cm³/mol. The second-order valence-corrected chi connectivity index (χ2v) is 6.81. The van der Waals surface area contributed by atoms with Crippen LogP contribution in [-0.2, 0) is 7.05 Å². The number of nitrogens with one attached hydrogen (secondary N) is 1. The van der Waals surface area contributed by atoms with Crippen LogP contribution in [0.5, 0.6) is 0 Å². The van der Waals surface area contributed by atoms with Gasteiger partial charge in [0, 0.05) is 39.8 Å². The Kier molecular flexibility index (Phi) is 5.75. The van der Waals surface area contributed by atoms with Crippen molar-refractivity contribution in [3.8, 4) is 5.69 Å². The molecule has 3 rings (SSSR count). The number of anilines is 1. The van der Waals surface area contributed by atoms with Crippen molar-refractivity contribution in [3.63, 3.8) is 0 Å². The quantitative estimate of drug-likeness (QED) is 0.771. The molecule has 1 aromatic carbocycles. The second kappa shape index (κ2) is 8.03. The largest absolute Gasteiger partial charge is 0.395 e. The van der Waals surface area contributed by atoms with Crippen molar-refractivity contribution in [2.24, 2.45) is 7.05 Å². The maximum atomic E-state index is 12.9. The summed E-state index contributed by atoms with van der Waals surface area (Å²) in [5.41, 5.74) is 2.05. The van der Waals surface area contributed by atoms with Gasteiger partial charge in [-0.25, -0.2) is 4.68 Å². The summed E-state index contributed by atoms with van der Waals surface area (Å²) in [5, 5.41) is 12.8. The number of piperazine rings is 1. The van der Waals surface area contributed by atoms with E-state index in [9.17, 15) is 4.79 Å². The van der Waals surface area contributed by atoms with Gasteiger partial charge in [-0.1, -0.05) is 18.2 Å². The van der Waals surface area contributed by atoms with Crippen molar-refractivity contribution in [2.45, 2.75) is 6.92 Å². The lowest BCUT2D eigenvalue weighted by atomic mass is 10.3. The topological polar surface area (TPSA) is 65.7 Å². The molecule has 1 aliphatic rings. The van der Waals surface area contributed by atoms with Crippen molar-refractivity contribution in [1.29, 1.82) is 0 Å². The highest BCUT2D eigenvalue weighted by Gasteiger charge is 2.22. The van der Waals surface area contributed by atoms with E-state index in [1.165, 1.54) is 0 Å². The summed E-state index contributed by atoms with van der Waals surface area (Å²) in [6.07, 6.45) is 0. The SMILES string of the molecule is Cc1c(NC(=S)N2CCN(CCO)CC2)c(=O)n(-c2ccccc2)n1C. The fourth-order valence-corrected chi connectivity index (χ4v) is 3.50. The van der Waals surface area contributed by atoms with Crippen molar-refractivity contribution in [2.75, 3.05) is 44.6 Å². The molecule has 0 amide bonds. The first-order valence-electron chi connectivity index (χ1n) is 8.76. The van der Waals surface area contributed by atoms with Crippen molar-refractivity contribution < 1.29 is 5.11 Å². The fraction of sp³-hybridized carbons (Fsp3) is 0.444. The van der Waals surface area contributed by atoms with E-state index in [4.69, 9.17) is 17.3 Å². The summed E-state index contributed by atoms with van der Waals surface area (Å²) in [4.78, 5) is 17.2. The number of hydrogen-bond acceptors (Lipinski definition) is 4. The number of β-amino-alcohol motifs (C(OH)–C–C–N with tert-alkyl or cyclic N) is 1. The first-order valence-corrected chi connectivity index (χ1v) is 9.17. The molecule has 0 spiro atoms. The molecule has 0 unspecified atom stereocenters. The normalized spacial score (nSPS) is 15.3. The molecule has 1 aliphatic heterocycles. The van der Waals surface area contributed by atoms with Crippen molar-refractivity contribution in [1.82, 2.24) is 19.2 Å². The number of aliphatic hydroxyl groups is 1. The Labute approximate surface area is 158 Å². The smallest absolute Gasteiger partial charge is 0.295 e. The first kappa shape index (κ1) is 18.6. The molecule has 8 heteroatoms. The van der Waals surface area contributed by atoms with Crippen LogP contribution in [0, 0.1) is 6.92 Å². The number of benzene rings is 1. The van der Waals surface area contributed by atoms with Crippen LogP contribution >= 0.6 is 12.2 Å². The van der Waals surface area contributed by atoms with E-state index in [0.717, 1.165) is 37.6 Å². The lowest BCUT2D eigenvalue weighted by molar-refractivity contribution is 0.148. The van der Waals surface area contributed by atoms with Gasteiger partial charge in [-0.2, -0.15) is 0 Å². The molecule has 0 radical (unpaired) electrons. The molecule has 0 saturated carbocycles. The molecule has 2 aromatic rings. The molecule has 140 valence electrons. The summed E-state index contributed by atoms with van der Waals surface area (Å²) in [5.74, 6) is 0. The average molecular weight is 375 g/mol. The first-order chi connectivity index (χ1) is 12.5. The van der Waals surface area contributed by atoms with Crippen LogP contribution in [0.3, 0.4) is 0 Å². The Balaban J connectivity index is 1.77. The Morgan fingerprint density at radius 3 is 2.46 bits per heavy atom. The highest BCUT2D eigenvalue weighted by molar-refractivity contribution is 7.80. The maximum Gasteiger partial charge on any atom is 0.295 e. The van der Waals surface area contributed by atoms with Gasteiger partial charge >= 0.3 is 0 Å². The van der Waals surface area contributed by atoms with E-state index in [1.807, 2.05) is 49.0 Å². The second-order valence-electron chi connectivity index (χ2n) is 6.42. The van der Waals surface area contributed by atoms with Crippen LogP contribution in [0.25, 0.3) is 5.69 Å². The highest BCUT2D eigenvalue weighted by atomic mass is 32.1. The van der Waals surface area contributed by atoms with E-state index >= 15 is 0 Å². The zero-order valence-electron chi connectivity index (χ0n) is 15.2. The van der Waals surface area contributed by atoms with E-state index in [-0.39, 0.29) is 12.2 Å². The van der Waals surface area contributed by atoms with Gasteiger partial charge in [0.25, 0.3) is 5.56 Å². The zero-order chi connectivity index (χ0) is 18.7. The Bertz CT molecular complexity index is 822. The maximum absolute atomic E-state index is 12.9. The molecule has 2 N–H and O–H groups in total. The summed E-state index contributed by atoms with van der Waals surface area (Å²) in [6.45, 7) is 6.04. The van der Waals surface area contributed by atoms with Crippen LogP contribution in [0.15, 0.2) is 35.1 Å². The Hall–Kier alpha value is -2.16. The van der Waals surface area contributed by atoms with Crippen LogP contribution in [-0.4, -0.2) is 68.7 Å². The van der Waals surface area contributed by atoms with Crippen LogP contribution in [0.1, 0.15) is 5.69 Å². The molecule has 1 fully saturated rings. The fourth-order valence-electron chi connectivity index (χ4n) is 3.21. The standard InChI is InChI=1S/C18H25N5O2S/c1-14-16(17(25)23(20(14)2)15-6-4-3-5-7-15)19-18(26)22-10-8-21(9-11-22)12-13-24/h3-7,24H,8-13H2,1-2H3,(H,19,26). The molecular weight excluding hydrogens is 350 g/mol. The number of para-hydroxylation sites is 1. The monoisotopic (exact) mass is 375 g/mol. The van der Waals surface area contributed by atoms with Gasteiger partial charge in [0.1, 0.15) is 5.69 Å². The molecule has 1 aromatic heterocycles. The van der Waals surface area contributed by atoms with Crippen LogP contribution < -0.4 is 10.9 Å². The minimum absolute atomic E-state index is 0.113. The molecule has 26 heavy (non-hydrogen) atoms. The third-order valence-electron chi connectivity index (χ3n) is 4.86.